The third kappa shape index (κ3) is 4.27. The molecule has 0 amide bonds. The molecule has 0 aliphatic heterocycles. The number of benzene rings is 1. The standard InChI is InChI=1S/C18H24F2N2O3/c1-17(2,24)11-21-6-3-7-22-14-8-12(13-9-18(19,20)10-13)4-5-15(14)25-16(22)23/h4-5,8,13,21,24H,3,6-7,9-11H2,1-2H3. The van der Waals surface area contributed by atoms with Gasteiger partial charge >= 0.3 is 5.76 Å². The van der Waals surface area contributed by atoms with Gasteiger partial charge in [0.1, 0.15) is 0 Å². The van der Waals surface area contributed by atoms with E-state index < -0.39 is 17.3 Å². The highest BCUT2D eigenvalue weighted by Gasteiger charge is 2.45. The van der Waals surface area contributed by atoms with Gasteiger partial charge in [-0.3, -0.25) is 4.57 Å². The van der Waals surface area contributed by atoms with Gasteiger partial charge in [-0.25, -0.2) is 13.6 Å². The maximum absolute atomic E-state index is 13.1. The predicted octanol–water partition coefficient (Wildman–Crippen LogP) is 2.86. The molecule has 0 bridgehead atoms. The van der Waals surface area contributed by atoms with Gasteiger partial charge in [-0.15, -0.1) is 0 Å². The Morgan fingerprint density at radius 1 is 1.40 bits per heavy atom. The second kappa shape index (κ2) is 6.53. The fourth-order valence-electron chi connectivity index (χ4n) is 3.20. The number of hydrogen-bond donors (Lipinski definition) is 2. The molecule has 1 heterocycles. The van der Waals surface area contributed by atoms with Gasteiger partial charge in [0.2, 0.25) is 5.92 Å². The van der Waals surface area contributed by atoms with E-state index in [-0.39, 0.29) is 18.8 Å². The third-order valence-electron chi connectivity index (χ3n) is 4.55. The first-order chi connectivity index (χ1) is 11.6. The van der Waals surface area contributed by atoms with Gasteiger partial charge in [0.15, 0.2) is 5.58 Å². The molecule has 0 atom stereocenters. The van der Waals surface area contributed by atoms with Crippen molar-refractivity contribution >= 4 is 11.1 Å². The number of hydrogen-bond acceptors (Lipinski definition) is 4. The summed E-state index contributed by atoms with van der Waals surface area (Å²) in [6.45, 7) is 5.03. The maximum atomic E-state index is 13.1. The first kappa shape index (κ1) is 18.1. The van der Waals surface area contributed by atoms with E-state index in [1.807, 2.05) is 0 Å². The normalized spacial score (nSPS) is 17.8. The van der Waals surface area contributed by atoms with E-state index in [0.29, 0.717) is 37.2 Å². The Labute approximate surface area is 144 Å². The fraction of sp³-hybridized carbons (Fsp3) is 0.611. The van der Waals surface area contributed by atoms with Crippen molar-refractivity contribution in [1.29, 1.82) is 0 Å². The summed E-state index contributed by atoms with van der Waals surface area (Å²) in [6.07, 6.45) is 0.416. The van der Waals surface area contributed by atoms with Crippen molar-refractivity contribution in [3.63, 3.8) is 0 Å². The number of fused-ring (bicyclic) bond motifs is 1. The van der Waals surface area contributed by atoms with Gasteiger partial charge in [0.05, 0.1) is 11.1 Å². The van der Waals surface area contributed by atoms with Crippen LogP contribution < -0.4 is 11.1 Å². The van der Waals surface area contributed by atoms with E-state index in [1.165, 1.54) is 0 Å². The monoisotopic (exact) mass is 354 g/mol. The van der Waals surface area contributed by atoms with Crippen molar-refractivity contribution in [2.75, 3.05) is 13.1 Å². The molecule has 0 spiro atoms. The molecule has 2 aromatic rings. The van der Waals surface area contributed by atoms with E-state index in [2.05, 4.69) is 5.32 Å². The number of nitrogens with zero attached hydrogens (tertiary/aromatic N) is 1. The molecule has 7 heteroatoms. The van der Waals surface area contributed by atoms with Crippen LogP contribution in [0.5, 0.6) is 0 Å². The van der Waals surface area contributed by atoms with Crippen molar-refractivity contribution in [2.45, 2.75) is 57.1 Å². The highest BCUT2D eigenvalue weighted by molar-refractivity contribution is 5.74. The molecule has 3 rings (SSSR count). The van der Waals surface area contributed by atoms with E-state index in [9.17, 15) is 18.7 Å². The Kier molecular flexibility index (Phi) is 4.72. The minimum atomic E-state index is -2.57. The molecule has 2 N–H and O–H groups in total. The number of alkyl halides is 2. The average Bonchev–Trinajstić information content (AvgIpc) is 2.78. The first-order valence-corrected chi connectivity index (χ1v) is 8.59. The average molecular weight is 354 g/mol. The Hall–Kier alpha value is -1.73. The zero-order valence-electron chi connectivity index (χ0n) is 14.5. The molecule has 1 aromatic heterocycles. The molecule has 1 aliphatic carbocycles. The molecule has 0 radical (unpaired) electrons. The van der Waals surface area contributed by atoms with Crippen LogP contribution in [0.25, 0.3) is 11.1 Å². The summed E-state index contributed by atoms with van der Waals surface area (Å²) in [5.41, 5.74) is 1.18. The smallest absolute Gasteiger partial charge is 0.408 e. The van der Waals surface area contributed by atoms with Crippen LogP contribution in [0.1, 0.15) is 44.6 Å². The largest absolute Gasteiger partial charge is 0.419 e. The Morgan fingerprint density at radius 3 is 2.76 bits per heavy atom. The second-order valence-electron chi connectivity index (χ2n) is 7.55. The fourth-order valence-corrected chi connectivity index (χ4v) is 3.20. The molecule has 1 fully saturated rings. The van der Waals surface area contributed by atoms with Crippen LogP contribution in [-0.2, 0) is 6.54 Å². The number of rotatable bonds is 7. The molecular weight excluding hydrogens is 330 g/mol. The lowest BCUT2D eigenvalue weighted by atomic mass is 9.77. The lowest BCUT2D eigenvalue weighted by Crippen LogP contribution is -2.35. The van der Waals surface area contributed by atoms with Gasteiger partial charge in [-0.1, -0.05) is 6.07 Å². The van der Waals surface area contributed by atoms with E-state index in [1.54, 1.807) is 36.6 Å². The zero-order chi connectivity index (χ0) is 18.2. The number of oxazole rings is 1. The SMILES string of the molecule is CC(C)(O)CNCCCn1c(=O)oc2ccc(C3CC(F)(F)C3)cc21. The number of aromatic nitrogens is 1. The van der Waals surface area contributed by atoms with Crippen molar-refractivity contribution in [3.05, 3.63) is 34.3 Å². The Balaban J connectivity index is 1.68. The minimum Gasteiger partial charge on any atom is -0.408 e. The Morgan fingerprint density at radius 2 is 2.12 bits per heavy atom. The van der Waals surface area contributed by atoms with E-state index >= 15 is 0 Å². The molecular formula is C18H24F2N2O3. The molecule has 1 aliphatic rings. The summed E-state index contributed by atoms with van der Waals surface area (Å²) < 4.78 is 33.0. The molecule has 138 valence electrons. The summed E-state index contributed by atoms with van der Waals surface area (Å²) >= 11 is 0. The van der Waals surface area contributed by atoms with Gasteiger partial charge in [0, 0.05) is 25.9 Å². The molecule has 0 saturated heterocycles. The summed E-state index contributed by atoms with van der Waals surface area (Å²) in [4.78, 5) is 12.0. The summed E-state index contributed by atoms with van der Waals surface area (Å²) in [5, 5.41) is 12.8. The van der Waals surface area contributed by atoms with Crippen LogP contribution in [0.3, 0.4) is 0 Å². The molecule has 0 unspecified atom stereocenters. The van der Waals surface area contributed by atoms with Gasteiger partial charge in [-0.2, -0.15) is 0 Å². The molecule has 5 nitrogen and oxygen atoms in total. The van der Waals surface area contributed by atoms with E-state index in [4.69, 9.17) is 4.42 Å². The van der Waals surface area contributed by atoms with Crippen LogP contribution in [0.2, 0.25) is 0 Å². The van der Waals surface area contributed by atoms with Gasteiger partial charge in [0.25, 0.3) is 0 Å². The number of aryl methyl sites for hydroxylation is 1. The maximum Gasteiger partial charge on any atom is 0.419 e. The predicted molar refractivity (Wildman–Crippen MR) is 91.2 cm³/mol. The van der Waals surface area contributed by atoms with Crippen molar-refractivity contribution in [3.8, 4) is 0 Å². The van der Waals surface area contributed by atoms with Crippen molar-refractivity contribution in [2.24, 2.45) is 0 Å². The highest BCUT2D eigenvalue weighted by Crippen LogP contribution is 2.48. The van der Waals surface area contributed by atoms with Crippen molar-refractivity contribution in [1.82, 2.24) is 9.88 Å². The van der Waals surface area contributed by atoms with Crippen LogP contribution in [0.4, 0.5) is 8.78 Å². The third-order valence-corrected chi connectivity index (χ3v) is 4.55. The second-order valence-corrected chi connectivity index (χ2v) is 7.55. The van der Waals surface area contributed by atoms with Crippen LogP contribution in [-0.4, -0.2) is 34.3 Å². The lowest BCUT2D eigenvalue weighted by molar-refractivity contribution is -0.0867. The van der Waals surface area contributed by atoms with Crippen LogP contribution >= 0.6 is 0 Å². The highest BCUT2D eigenvalue weighted by atomic mass is 19.3. The Bertz CT molecular complexity index is 797. The molecule has 1 saturated carbocycles. The number of aliphatic hydroxyl groups is 1. The quantitative estimate of drug-likeness (QED) is 0.751. The summed E-state index contributed by atoms with van der Waals surface area (Å²) in [5.74, 6) is -3.16. The van der Waals surface area contributed by atoms with Gasteiger partial charge < -0.3 is 14.8 Å². The topological polar surface area (TPSA) is 67.4 Å². The van der Waals surface area contributed by atoms with Crippen molar-refractivity contribution < 1.29 is 18.3 Å². The lowest BCUT2D eigenvalue weighted by Gasteiger charge is -2.35. The van der Waals surface area contributed by atoms with Gasteiger partial charge in [-0.05, 0) is 50.4 Å². The van der Waals surface area contributed by atoms with E-state index in [0.717, 1.165) is 5.56 Å². The minimum absolute atomic E-state index is 0.137. The summed E-state index contributed by atoms with van der Waals surface area (Å²) in [7, 11) is 0. The number of halogens is 2. The molecule has 25 heavy (non-hydrogen) atoms. The van der Waals surface area contributed by atoms with Crippen LogP contribution in [0.15, 0.2) is 27.4 Å². The summed E-state index contributed by atoms with van der Waals surface area (Å²) in [6, 6.07) is 5.25. The molecule has 1 aromatic carbocycles. The van der Waals surface area contributed by atoms with Crippen LogP contribution in [0, 0.1) is 0 Å². The first-order valence-electron chi connectivity index (χ1n) is 8.59. The zero-order valence-corrected chi connectivity index (χ0v) is 14.5. The number of nitrogens with one attached hydrogen (secondary N) is 1.